The molecule has 3 rings (SSSR count). The van der Waals surface area contributed by atoms with Crippen LogP contribution in [-0.4, -0.2) is 9.97 Å². The summed E-state index contributed by atoms with van der Waals surface area (Å²) in [5.41, 5.74) is 3.21. The molecule has 0 bridgehead atoms. The first kappa shape index (κ1) is 16.9. The topological polar surface area (TPSA) is 49.8 Å². The molecule has 0 saturated heterocycles. The molecule has 0 aliphatic rings. The summed E-state index contributed by atoms with van der Waals surface area (Å²) in [7, 11) is 0. The van der Waals surface area contributed by atoms with Crippen molar-refractivity contribution in [3.05, 3.63) is 77.7 Å². The second kappa shape index (κ2) is 7.75. The maximum Gasteiger partial charge on any atom is 0.229 e. The zero-order valence-electron chi connectivity index (χ0n) is 14.3. The third-order valence-corrected chi connectivity index (χ3v) is 3.87. The van der Waals surface area contributed by atoms with Crippen molar-refractivity contribution in [3.63, 3.8) is 0 Å². The molecular weight excluding hydrogens is 315 g/mol. The standard InChI is InChI=1S/C20H21FN4/c1-14(2)17-5-3-4-6-18(17)24-20-22-12-11-19(25-20)23-13-15-7-9-16(21)10-8-15/h3-12,14H,13H2,1-2H3,(H2,22,23,24,25). The van der Waals surface area contributed by atoms with Gasteiger partial charge >= 0.3 is 0 Å². The molecule has 0 atom stereocenters. The van der Waals surface area contributed by atoms with Crippen LogP contribution in [-0.2, 0) is 6.54 Å². The molecule has 0 fully saturated rings. The summed E-state index contributed by atoms with van der Waals surface area (Å²) in [6.07, 6.45) is 1.71. The maximum atomic E-state index is 12.9. The molecule has 1 aromatic heterocycles. The lowest BCUT2D eigenvalue weighted by atomic mass is 10.0. The van der Waals surface area contributed by atoms with Crippen LogP contribution in [0.5, 0.6) is 0 Å². The fourth-order valence-electron chi connectivity index (χ4n) is 2.55. The highest BCUT2D eigenvalue weighted by atomic mass is 19.1. The van der Waals surface area contributed by atoms with Gasteiger partial charge in [0.05, 0.1) is 0 Å². The van der Waals surface area contributed by atoms with Crippen LogP contribution < -0.4 is 10.6 Å². The van der Waals surface area contributed by atoms with Gasteiger partial charge in [-0.05, 0) is 41.3 Å². The Bertz CT molecular complexity index is 831. The fourth-order valence-corrected chi connectivity index (χ4v) is 2.55. The molecule has 0 amide bonds. The normalized spacial score (nSPS) is 10.7. The smallest absolute Gasteiger partial charge is 0.229 e. The number of aromatic nitrogens is 2. The van der Waals surface area contributed by atoms with E-state index in [1.165, 1.54) is 17.7 Å². The zero-order chi connectivity index (χ0) is 17.6. The van der Waals surface area contributed by atoms with Gasteiger partial charge in [-0.2, -0.15) is 4.98 Å². The van der Waals surface area contributed by atoms with E-state index in [-0.39, 0.29) is 5.82 Å². The summed E-state index contributed by atoms with van der Waals surface area (Å²) in [5.74, 6) is 1.42. The van der Waals surface area contributed by atoms with Crippen molar-refractivity contribution in [1.82, 2.24) is 9.97 Å². The lowest BCUT2D eigenvalue weighted by molar-refractivity contribution is 0.627. The summed E-state index contributed by atoms with van der Waals surface area (Å²) >= 11 is 0. The van der Waals surface area contributed by atoms with Crippen molar-refractivity contribution in [2.75, 3.05) is 10.6 Å². The number of nitrogens with one attached hydrogen (secondary N) is 2. The molecule has 128 valence electrons. The highest BCUT2D eigenvalue weighted by molar-refractivity contribution is 5.60. The van der Waals surface area contributed by atoms with Gasteiger partial charge < -0.3 is 10.6 Å². The van der Waals surface area contributed by atoms with Crippen LogP contribution in [0.4, 0.5) is 21.8 Å². The summed E-state index contributed by atoms with van der Waals surface area (Å²) in [4.78, 5) is 8.78. The summed E-state index contributed by atoms with van der Waals surface area (Å²) in [6.45, 7) is 4.88. The summed E-state index contributed by atoms with van der Waals surface area (Å²) in [6, 6.07) is 16.4. The minimum atomic E-state index is -0.235. The molecule has 0 aliphatic heterocycles. The van der Waals surface area contributed by atoms with Crippen molar-refractivity contribution in [2.45, 2.75) is 26.3 Å². The molecule has 0 aliphatic carbocycles. The number of hydrogen-bond acceptors (Lipinski definition) is 4. The molecule has 25 heavy (non-hydrogen) atoms. The average molecular weight is 336 g/mol. The Morgan fingerprint density at radius 2 is 1.76 bits per heavy atom. The molecule has 5 heteroatoms. The first-order valence-electron chi connectivity index (χ1n) is 8.29. The highest BCUT2D eigenvalue weighted by Gasteiger charge is 2.07. The SMILES string of the molecule is CC(C)c1ccccc1Nc1nccc(NCc2ccc(F)cc2)n1. The second-order valence-corrected chi connectivity index (χ2v) is 6.11. The van der Waals surface area contributed by atoms with Crippen molar-refractivity contribution in [1.29, 1.82) is 0 Å². The van der Waals surface area contributed by atoms with Gasteiger partial charge in [-0.25, -0.2) is 9.37 Å². The molecule has 2 N–H and O–H groups in total. The third-order valence-electron chi connectivity index (χ3n) is 3.87. The van der Waals surface area contributed by atoms with E-state index in [1.807, 2.05) is 24.3 Å². The van der Waals surface area contributed by atoms with Crippen LogP contribution in [0.25, 0.3) is 0 Å². The average Bonchev–Trinajstić information content (AvgIpc) is 2.62. The summed E-state index contributed by atoms with van der Waals surface area (Å²) in [5, 5.41) is 6.52. The minimum Gasteiger partial charge on any atom is -0.366 e. The molecule has 4 nitrogen and oxygen atoms in total. The Kier molecular flexibility index (Phi) is 5.23. The quantitative estimate of drug-likeness (QED) is 0.658. The molecule has 0 unspecified atom stereocenters. The van der Waals surface area contributed by atoms with Gasteiger partial charge in [-0.15, -0.1) is 0 Å². The van der Waals surface area contributed by atoms with E-state index in [1.54, 1.807) is 18.3 Å². The van der Waals surface area contributed by atoms with Crippen LogP contribution >= 0.6 is 0 Å². The number of hydrogen-bond donors (Lipinski definition) is 2. The minimum absolute atomic E-state index is 0.235. The summed E-state index contributed by atoms with van der Waals surface area (Å²) < 4.78 is 12.9. The van der Waals surface area contributed by atoms with Gasteiger partial charge in [0.15, 0.2) is 0 Å². The Morgan fingerprint density at radius 1 is 1.00 bits per heavy atom. The molecule has 3 aromatic rings. The fraction of sp³-hybridized carbons (Fsp3) is 0.200. The number of halogens is 1. The van der Waals surface area contributed by atoms with Gasteiger partial charge in [-0.1, -0.05) is 44.2 Å². The number of nitrogens with zero attached hydrogens (tertiary/aromatic N) is 2. The molecule has 2 aromatic carbocycles. The van der Waals surface area contributed by atoms with Crippen molar-refractivity contribution < 1.29 is 4.39 Å². The predicted octanol–water partition coefficient (Wildman–Crippen LogP) is 5.09. The van der Waals surface area contributed by atoms with Crippen molar-refractivity contribution in [2.24, 2.45) is 0 Å². The van der Waals surface area contributed by atoms with E-state index < -0.39 is 0 Å². The Labute approximate surface area is 147 Å². The Hall–Kier alpha value is -2.95. The van der Waals surface area contributed by atoms with E-state index in [4.69, 9.17) is 0 Å². The van der Waals surface area contributed by atoms with Crippen molar-refractivity contribution >= 4 is 17.5 Å². The first-order chi connectivity index (χ1) is 12.1. The van der Waals surface area contributed by atoms with Crippen LogP contribution in [0.1, 0.15) is 30.9 Å². The number of para-hydroxylation sites is 1. The van der Waals surface area contributed by atoms with E-state index in [0.29, 0.717) is 24.2 Å². The van der Waals surface area contributed by atoms with Crippen LogP contribution in [0.15, 0.2) is 60.8 Å². The van der Waals surface area contributed by atoms with Crippen LogP contribution in [0.2, 0.25) is 0 Å². The van der Waals surface area contributed by atoms with Crippen LogP contribution in [0.3, 0.4) is 0 Å². The molecule has 0 saturated carbocycles. The zero-order valence-corrected chi connectivity index (χ0v) is 14.3. The van der Waals surface area contributed by atoms with Crippen LogP contribution in [0, 0.1) is 5.82 Å². The Morgan fingerprint density at radius 3 is 2.52 bits per heavy atom. The second-order valence-electron chi connectivity index (χ2n) is 6.11. The maximum absolute atomic E-state index is 12.9. The van der Waals surface area contributed by atoms with E-state index in [0.717, 1.165) is 11.3 Å². The van der Waals surface area contributed by atoms with Gasteiger partial charge in [0, 0.05) is 18.4 Å². The predicted molar refractivity (Wildman–Crippen MR) is 99.6 cm³/mol. The number of anilines is 3. The third kappa shape index (κ3) is 4.53. The lowest BCUT2D eigenvalue weighted by Gasteiger charge is -2.14. The molecule has 0 radical (unpaired) electrons. The van der Waals surface area contributed by atoms with Gasteiger partial charge in [0.25, 0.3) is 0 Å². The van der Waals surface area contributed by atoms with Gasteiger partial charge in [0.2, 0.25) is 5.95 Å². The molecule has 0 spiro atoms. The van der Waals surface area contributed by atoms with E-state index in [2.05, 4.69) is 40.5 Å². The van der Waals surface area contributed by atoms with E-state index >= 15 is 0 Å². The Balaban J connectivity index is 1.70. The number of benzene rings is 2. The van der Waals surface area contributed by atoms with Crippen molar-refractivity contribution in [3.8, 4) is 0 Å². The molecular formula is C20H21FN4. The largest absolute Gasteiger partial charge is 0.366 e. The lowest BCUT2D eigenvalue weighted by Crippen LogP contribution is -2.05. The number of rotatable bonds is 6. The van der Waals surface area contributed by atoms with Gasteiger partial charge in [-0.3, -0.25) is 0 Å². The first-order valence-corrected chi connectivity index (χ1v) is 8.29. The molecule has 1 heterocycles. The van der Waals surface area contributed by atoms with Gasteiger partial charge in [0.1, 0.15) is 11.6 Å². The highest BCUT2D eigenvalue weighted by Crippen LogP contribution is 2.25. The monoisotopic (exact) mass is 336 g/mol. The van der Waals surface area contributed by atoms with E-state index in [9.17, 15) is 4.39 Å².